The quantitative estimate of drug-likeness (QED) is 0.752. The number of aryl methyl sites for hydroxylation is 1. The van der Waals surface area contributed by atoms with Gasteiger partial charge in [-0.1, -0.05) is 0 Å². The Balaban J connectivity index is 2.46. The monoisotopic (exact) mass is 374 g/mol. The number of hydrogen-bond acceptors (Lipinski definition) is 5. The normalized spacial score (nSPS) is 10.5. The second kappa shape index (κ2) is 6.18. The van der Waals surface area contributed by atoms with Crippen LogP contribution in [0.3, 0.4) is 0 Å². The Morgan fingerprint density at radius 1 is 1.32 bits per heavy atom. The van der Waals surface area contributed by atoms with Gasteiger partial charge in [0.25, 0.3) is 0 Å². The Bertz CT molecular complexity index is 571. The van der Waals surface area contributed by atoms with Crippen LogP contribution in [0.4, 0.5) is 0 Å². The van der Waals surface area contributed by atoms with Gasteiger partial charge in [0, 0.05) is 5.56 Å². The molecular weight excluding hydrogens is 359 g/mol. The van der Waals surface area contributed by atoms with E-state index in [0.717, 1.165) is 14.9 Å². The average molecular weight is 374 g/mol. The van der Waals surface area contributed by atoms with Crippen molar-refractivity contribution in [3.8, 4) is 22.9 Å². The molecular formula is C12H15IN4O2. The van der Waals surface area contributed by atoms with Gasteiger partial charge in [0.05, 0.1) is 23.8 Å². The highest BCUT2D eigenvalue weighted by Gasteiger charge is 2.14. The highest BCUT2D eigenvalue weighted by atomic mass is 127. The molecule has 0 amide bonds. The van der Waals surface area contributed by atoms with E-state index < -0.39 is 0 Å². The Labute approximate surface area is 125 Å². The molecule has 1 heterocycles. The Kier molecular flexibility index (Phi) is 4.56. The first-order chi connectivity index (χ1) is 9.19. The minimum absolute atomic E-state index is 0.574. The summed E-state index contributed by atoms with van der Waals surface area (Å²) in [4.78, 5) is 1.55. The minimum atomic E-state index is 0.574. The van der Waals surface area contributed by atoms with Gasteiger partial charge in [0.15, 0.2) is 11.5 Å². The van der Waals surface area contributed by atoms with Crippen molar-refractivity contribution in [2.75, 3.05) is 13.7 Å². The molecule has 0 aliphatic rings. The third-order valence-corrected chi connectivity index (χ3v) is 3.31. The van der Waals surface area contributed by atoms with Gasteiger partial charge in [-0.05, 0) is 53.8 Å². The van der Waals surface area contributed by atoms with Gasteiger partial charge >= 0.3 is 0 Å². The lowest BCUT2D eigenvalue weighted by atomic mass is 10.2. The van der Waals surface area contributed by atoms with Crippen molar-refractivity contribution in [3.63, 3.8) is 0 Å². The van der Waals surface area contributed by atoms with Crippen molar-refractivity contribution >= 4 is 22.6 Å². The molecule has 6 nitrogen and oxygen atoms in total. The van der Waals surface area contributed by atoms with Gasteiger partial charge in [0.2, 0.25) is 5.82 Å². The summed E-state index contributed by atoms with van der Waals surface area (Å²) in [7, 11) is 1.63. The number of ether oxygens (including phenoxy) is 2. The van der Waals surface area contributed by atoms with Crippen molar-refractivity contribution in [1.29, 1.82) is 0 Å². The van der Waals surface area contributed by atoms with Crippen molar-refractivity contribution in [3.05, 3.63) is 15.7 Å². The second-order valence-corrected chi connectivity index (χ2v) is 4.89. The van der Waals surface area contributed by atoms with Crippen LogP contribution in [-0.2, 0) is 6.54 Å². The molecule has 19 heavy (non-hydrogen) atoms. The fraction of sp³-hybridized carbons (Fsp3) is 0.417. The molecule has 0 radical (unpaired) electrons. The number of halogens is 1. The van der Waals surface area contributed by atoms with Crippen molar-refractivity contribution in [2.45, 2.75) is 20.4 Å². The number of hydrogen-bond donors (Lipinski definition) is 0. The smallest absolute Gasteiger partial charge is 0.205 e. The fourth-order valence-electron chi connectivity index (χ4n) is 1.65. The minimum Gasteiger partial charge on any atom is -0.492 e. The maximum absolute atomic E-state index is 5.59. The van der Waals surface area contributed by atoms with Crippen LogP contribution in [0.25, 0.3) is 11.4 Å². The molecule has 0 atom stereocenters. The molecule has 7 heteroatoms. The van der Waals surface area contributed by atoms with Crippen LogP contribution < -0.4 is 9.47 Å². The molecule has 0 bridgehead atoms. The Morgan fingerprint density at radius 2 is 2.11 bits per heavy atom. The molecule has 0 unspecified atom stereocenters. The topological polar surface area (TPSA) is 62.1 Å². The molecule has 2 aromatic rings. The number of nitrogens with zero attached hydrogens (tertiary/aromatic N) is 4. The highest BCUT2D eigenvalue weighted by Crippen LogP contribution is 2.36. The van der Waals surface area contributed by atoms with E-state index in [1.165, 1.54) is 0 Å². The lowest BCUT2D eigenvalue weighted by Crippen LogP contribution is -1.99. The second-order valence-electron chi connectivity index (χ2n) is 3.72. The van der Waals surface area contributed by atoms with E-state index in [0.29, 0.717) is 24.7 Å². The van der Waals surface area contributed by atoms with Crippen LogP contribution in [0, 0.1) is 3.57 Å². The molecule has 0 spiro atoms. The zero-order valence-electron chi connectivity index (χ0n) is 11.1. The number of methoxy groups -OCH3 is 1. The van der Waals surface area contributed by atoms with Crippen molar-refractivity contribution in [1.82, 2.24) is 20.2 Å². The molecule has 0 N–H and O–H groups in total. The van der Waals surface area contributed by atoms with Crippen molar-refractivity contribution in [2.24, 2.45) is 0 Å². The number of benzene rings is 1. The molecule has 102 valence electrons. The summed E-state index contributed by atoms with van der Waals surface area (Å²) >= 11 is 2.21. The molecule has 0 fully saturated rings. The standard InChI is InChI=1S/C12H15IN4O2/c1-4-17-15-12(14-16-17)8-6-9(13)11(18-3)10(7-8)19-5-2/h6-7H,4-5H2,1-3H3. The third-order valence-electron chi connectivity index (χ3n) is 2.51. The summed E-state index contributed by atoms with van der Waals surface area (Å²) in [6.45, 7) is 5.17. The molecule has 1 aromatic carbocycles. The first-order valence-electron chi connectivity index (χ1n) is 5.98. The first-order valence-corrected chi connectivity index (χ1v) is 7.06. The van der Waals surface area contributed by atoms with E-state index in [-0.39, 0.29) is 0 Å². The fourth-order valence-corrected chi connectivity index (χ4v) is 2.47. The predicted octanol–water partition coefficient (Wildman–Crippen LogP) is 2.37. The van der Waals surface area contributed by atoms with Crippen LogP contribution in [0.2, 0.25) is 0 Å². The Morgan fingerprint density at radius 3 is 2.68 bits per heavy atom. The molecule has 0 aliphatic carbocycles. The van der Waals surface area contributed by atoms with Crippen LogP contribution in [0.15, 0.2) is 12.1 Å². The van der Waals surface area contributed by atoms with E-state index in [1.807, 2.05) is 26.0 Å². The summed E-state index contributed by atoms with van der Waals surface area (Å²) in [5.41, 5.74) is 0.869. The third kappa shape index (κ3) is 2.96. The van der Waals surface area contributed by atoms with Crippen LogP contribution >= 0.6 is 22.6 Å². The largest absolute Gasteiger partial charge is 0.492 e. The van der Waals surface area contributed by atoms with E-state index in [2.05, 4.69) is 38.0 Å². The van der Waals surface area contributed by atoms with E-state index >= 15 is 0 Å². The van der Waals surface area contributed by atoms with Gasteiger partial charge < -0.3 is 9.47 Å². The van der Waals surface area contributed by atoms with Crippen molar-refractivity contribution < 1.29 is 9.47 Å². The molecule has 0 saturated carbocycles. The van der Waals surface area contributed by atoms with E-state index in [4.69, 9.17) is 9.47 Å². The highest BCUT2D eigenvalue weighted by molar-refractivity contribution is 14.1. The molecule has 0 saturated heterocycles. The average Bonchev–Trinajstić information content (AvgIpc) is 2.87. The molecule has 1 aromatic heterocycles. The van der Waals surface area contributed by atoms with Crippen LogP contribution in [-0.4, -0.2) is 33.9 Å². The zero-order chi connectivity index (χ0) is 13.8. The van der Waals surface area contributed by atoms with Gasteiger partial charge in [-0.15, -0.1) is 10.2 Å². The van der Waals surface area contributed by atoms with E-state index in [9.17, 15) is 0 Å². The summed E-state index contributed by atoms with van der Waals surface area (Å²) < 4.78 is 11.9. The molecule has 0 aliphatic heterocycles. The van der Waals surface area contributed by atoms with E-state index in [1.54, 1.807) is 11.9 Å². The van der Waals surface area contributed by atoms with Gasteiger partial charge in [-0.2, -0.15) is 4.80 Å². The van der Waals surface area contributed by atoms with Crippen LogP contribution in [0.1, 0.15) is 13.8 Å². The zero-order valence-corrected chi connectivity index (χ0v) is 13.2. The summed E-state index contributed by atoms with van der Waals surface area (Å²) in [5.74, 6) is 2.01. The summed E-state index contributed by atoms with van der Waals surface area (Å²) in [6.07, 6.45) is 0. The summed E-state index contributed by atoms with van der Waals surface area (Å²) in [6, 6.07) is 3.83. The number of tetrazole rings is 1. The van der Waals surface area contributed by atoms with Gasteiger partial charge in [-0.3, -0.25) is 0 Å². The maximum Gasteiger partial charge on any atom is 0.205 e. The lowest BCUT2D eigenvalue weighted by molar-refractivity contribution is 0.310. The maximum atomic E-state index is 5.59. The number of aromatic nitrogens is 4. The molecule has 2 rings (SSSR count). The predicted molar refractivity (Wildman–Crippen MR) is 79.4 cm³/mol. The number of rotatable bonds is 5. The van der Waals surface area contributed by atoms with Gasteiger partial charge in [0.1, 0.15) is 0 Å². The first kappa shape index (κ1) is 14.0. The van der Waals surface area contributed by atoms with Gasteiger partial charge in [-0.25, -0.2) is 0 Å². The summed E-state index contributed by atoms with van der Waals surface area (Å²) in [5, 5.41) is 12.3. The SMILES string of the molecule is CCOc1cc(-c2nnn(CC)n2)cc(I)c1OC. The lowest BCUT2D eigenvalue weighted by Gasteiger charge is -2.12. The Hall–Kier alpha value is -1.38. The van der Waals surface area contributed by atoms with Crippen LogP contribution in [0.5, 0.6) is 11.5 Å².